The monoisotopic (exact) mass is 339 g/mol. The van der Waals surface area contributed by atoms with Crippen molar-refractivity contribution in [2.24, 2.45) is 4.99 Å². The maximum Gasteiger partial charge on any atom is 0.0793 e. The second-order valence-electron chi connectivity index (χ2n) is 4.99. The van der Waals surface area contributed by atoms with Crippen LogP contribution in [0.3, 0.4) is 0 Å². The average molecular weight is 340 g/mol. The van der Waals surface area contributed by atoms with Gasteiger partial charge >= 0.3 is 0 Å². The molecule has 1 nitrogen and oxygen atoms in total. The van der Waals surface area contributed by atoms with Crippen LogP contribution in [0.15, 0.2) is 75.7 Å². The smallest absolute Gasteiger partial charge is 0.0793 e. The quantitative estimate of drug-likeness (QED) is 0.237. The van der Waals surface area contributed by atoms with Gasteiger partial charge in [-0.05, 0) is 38.3 Å². The van der Waals surface area contributed by atoms with E-state index in [0.717, 1.165) is 40.4 Å². The molecule has 0 saturated heterocycles. The zero-order chi connectivity index (χ0) is 18.4. The highest BCUT2D eigenvalue weighted by molar-refractivity contribution is 8.06. The lowest BCUT2D eigenvalue weighted by molar-refractivity contribution is 0.980. The number of hydrogen-bond donors (Lipinski definition) is 0. The Morgan fingerprint density at radius 1 is 1.21 bits per heavy atom. The maximum atomic E-state index is 5.78. The minimum absolute atomic E-state index is 0.795. The van der Waals surface area contributed by atoms with E-state index in [4.69, 9.17) is 6.42 Å². The molecular formula is C22H29NS. The second kappa shape index (κ2) is 13.5. The van der Waals surface area contributed by atoms with Gasteiger partial charge in [0.1, 0.15) is 0 Å². The summed E-state index contributed by atoms with van der Waals surface area (Å²) in [5.41, 5.74) is 2.90. The molecule has 128 valence electrons. The lowest BCUT2D eigenvalue weighted by atomic mass is 10.0. The molecule has 0 N–H and O–H groups in total. The fourth-order valence-electron chi connectivity index (χ4n) is 1.95. The molecule has 0 aromatic carbocycles. The molecule has 0 unspecified atom stereocenters. The van der Waals surface area contributed by atoms with Crippen molar-refractivity contribution in [2.75, 3.05) is 0 Å². The Kier molecular flexibility index (Phi) is 12.3. The number of terminal acetylenes is 1. The highest BCUT2D eigenvalue weighted by Crippen LogP contribution is 2.29. The van der Waals surface area contributed by atoms with Gasteiger partial charge in [0.25, 0.3) is 0 Å². The number of hydrogen-bond acceptors (Lipinski definition) is 2. The van der Waals surface area contributed by atoms with Crippen molar-refractivity contribution in [3.05, 3.63) is 70.7 Å². The van der Waals surface area contributed by atoms with E-state index in [9.17, 15) is 0 Å². The van der Waals surface area contributed by atoms with E-state index in [1.807, 2.05) is 25.2 Å². The van der Waals surface area contributed by atoms with Crippen LogP contribution in [0.4, 0.5) is 0 Å². The minimum Gasteiger partial charge on any atom is -0.256 e. The molecule has 0 fully saturated rings. The summed E-state index contributed by atoms with van der Waals surface area (Å²) in [6.45, 7) is 16.0. The van der Waals surface area contributed by atoms with Crippen molar-refractivity contribution in [1.29, 1.82) is 0 Å². The van der Waals surface area contributed by atoms with Gasteiger partial charge < -0.3 is 0 Å². The van der Waals surface area contributed by atoms with Gasteiger partial charge in [0, 0.05) is 16.0 Å². The molecule has 0 atom stereocenters. The number of thioether (sulfide) groups is 1. The van der Waals surface area contributed by atoms with Crippen LogP contribution < -0.4 is 0 Å². The fraction of sp³-hybridized carbons (Fsp3) is 0.318. The zero-order valence-corrected chi connectivity index (χ0v) is 16.2. The standard InChI is InChI=1S/C22H29NS/c1-8-14-15-16-20(11-4)24-18(7)21(12-5)22(23-13-6)17-19(9-2)10-3/h5,11,13-17H,4,6,8-10H2,1-3,7H3/b15-14-,20-16+,21-18+,23-22-. The first-order valence-electron chi connectivity index (χ1n) is 8.30. The topological polar surface area (TPSA) is 12.4 Å². The first kappa shape index (κ1) is 22.0. The van der Waals surface area contributed by atoms with Gasteiger partial charge in [0.05, 0.1) is 11.3 Å². The van der Waals surface area contributed by atoms with Gasteiger partial charge in [0.15, 0.2) is 0 Å². The first-order valence-corrected chi connectivity index (χ1v) is 9.12. The molecule has 0 saturated carbocycles. The van der Waals surface area contributed by atoms with E-state index in [1.165, 1.54) is 11.8 Å². The first-order chi connectivity index (χ1) is 11.6. The molecule has 0 spiro atoms. The molecule has 0 radical (unpaired) electrons. The summed E-state index contributed by atoms with van der Waals surface area (Å²) in [5, 5.41) is 0. The Labute approximate surface area is 152 Å². The fourth-order valence-corrected chi connectivity index (χ4v) is 2.80. The van der Waals surface area contributed by atoms with Crippen molar-refractivity contribution in [3.8, 4) is 12.3 Å². The normalized spacial score (nSPS) is 13.3. The molecular weight excluding hydrogens is 310 g/mol. The third-order valence-corrected chi connectivity index (χ3v) is 4.39. The zero-order valence-electron chi connectivity index (χ0n) is 15.4. The van der Waals surface area contributed by atoms with Crippen LogP contribution in [-0.2, 0) is 0 Å². The number of nitrogens with zero attached hydrogens (tertiary/aromatic N) is 1. The summed E-state index contributed by atoms with van der Waals surface area (Å²) < 4.78 is 0. The van der Waals surface area contributed by atoms with Gasteiger partial charge in [-0.2, -0.15) is 0 Å². The molecule has 0 rings (SSSR count). The third-order valence-electron chi connectivity index (χ3n) is 3.34. The molecule has 0 heterocycles. The SMILES string of the molecule is C#CC(/C(C=C(CC)CC)=N\C=C)=C(/C)S/C(C=C)=C/C=C\CC. The van der Waals surface area contributed by atoms with Crippen LogP contribution in [-0.4, -0.2) is 5.71 Å². The Bertz CT molecular complexity index is 613. The predicted octanol–water partition coefficient (Wildman–Crippen LogP) is 6.99. The molecule has 0 aromatic rings. The van der Waals surface area contributed by atoms with Crippen LogP contribution in [0.5, 0.6) is 0 Å². The Morgan fingerprint density at radius 2 is 1.88 bits per heavy atom. The van der Waals surface area contributed by atoms with Gasteiger partial charge in [0.2, 0.25) is 0 Å². The highest BCUT2D eigenvalue weighted by atomic mass is 32.2. The Balaban J connectivity index is 5.81. The van der Waals surface area contributed by atoms with E-state index in [0.29, 0.717) is 0 Å². The largest absolute Gasteiger partial charge is 0.256 e. The van der Waals surface area contributed by atoms with Crippen molar-refractivity contribution < 1.29 is 0 Å². The van der Waals surface area contributed by atoms with Crippen LogP contribution in [0.1, 0.15) is 47.0 Å². The molecule has 0 aliphatic heterocycles. The molecule has 0 aromatic heterocycles. The van der Waals surface area contributed by atoms with E-state index in [-0.39, 0.29) is 0 Å². The molecule has 2 heteroatoms. The number of aliphatic imine (C=N–C) groups is 1. The van der Waals surface area contributed by atoms with Gasteiger partial charge in [-0.3, -0.25) is 4.99 Å². The van der Waals surface area contributed by atoms with Crippen LogP contribution >= 0.6 is 11.8 Å². The summed E-state index contributed by atoms with van der Waals surface area (Å²) in [5.74, 6) is 2.79. The average Bonchev–Trinajstić information content (AvgIpc) is 2.59. The van der Waals surface area contributed by atoms with E-state index in [1.54, 1.807) is 11.8 Å². The van der Waals surface area contributed by atoms with Gasteiger partial charge in [-0.15, -0.1) is 6.42 Å². The van der Waals surface area contributed by atoms with E-state index < -0.39 is 0 Å². The minimum atomic E-state index is 0.795. The summed E-state index contributed by atoms with van der Waals surface area (Å²) in [7, 11) is 0. The Hall–Kier alpha value is -1.98. The molecule has 0 aliphatic rings. The lowest BCUT2D eigenvalue weighted by Gasteiger charge is -2.09. The van der Waals surface area contributed by atoms with Crippen molar-refractivity contribution >= 4 is 17.5 Å². The summed E-state index contributed by atoms with van der Waals surface area (Å²) in [4.78, 5) is 6.47. The summed E-state index contributed by atoms with van der Waals surface area (Å²) in [6.07, 6.45) is 20.4. The van der Waals surface area contributed by atoms with Crippen molar-refractivity contribution in [1.82, 2.24) is 0 Å². The maximum absolute atomic E-state index is 5.78. The summed E-state index contributed by atoms with van der Waals surface area (Å²) in [6, 6.07) is 0. The van der Waals surface area contributed by atoms with E-state index >= 15 is 0 Å². The van der Waals surface area contributed by atoms with Crippen molar-refractivity contribution in [2.45, 2.75) is 47.0 Å². The van der Waals surface area contributed by atoms with Crippen molar-refractivity contribution in [3.63, 3.8) is 0 Å². The summed E-state index contributed by atoms with van der Waals surface area (Å²) >= 11 is 1.61. The van der Waals surface area contributed by atoms with Crippen LogP contribution in [0.25, 0.3) is 0 Å². The third kappa shape index (κ3) is 8.04. The molecule has 0 bridgehead atoms. The molecule has 0 amide bonds. The van der Waals surface area contributed by atoms with E-state index in [2.05, 4.69) is 57.0 Å². The second-order valence-corrected chi connectivity index (χ2v) is 6.28. The van der Waals surface area contributed by atoms with Gasteiger partial charge in [-0.25, -0.2) is 0 Å². The van der Waals surface area contributed by atoms with Crippen LogP contribution in [0, 0.1) is 12.3 Å². The molecule has 24 heavy (non-hydrogen) atoms. The lowest BCUT2D eigenvalue weighted by Crippen LogP contribution is -2.01. The number of rotatable bonds is 10. The van der Waals surface area contributed by atoms with Gasteiger partial charge in [-0.1, -0.05) is 75.4 Å². The Morgan fingerprint density at radius 3 is 2.33 bits per heavy atom. The molecule has 0 aliphatic carbocycles. The number of allylic oxidation sites excluding steroid dienone is 8. The highest BCUT2D eigenvalue weighted by Gasteiger charge is 2.09. The predicted molar refractivity (Wildman–Crippen MR) is 113 cm³/mol. The van der Waals surface area contributed by atoms with Crippen LogP contribution in [0.2, 0.25) is 0 Å².